The Kier molecular flexibility index (Phi) is 3.62. The first-order valence-corrected chi connectivity index (χ1v) is 4.38. The van der Waals surface area contributed by atoms with Crippen LogP contribution in [0.4, 0.5) is 0 Å². The van der Waals surface area contributed by atoms with Crippen LogP contribution in [0.25, 0.3) is 6.08 Å². The van der Waals surface area contributed by atoms with Crippen LogP contribution in [-0.2, 0) is 4.79 Å². The Morgan fingerprint density at radius 1 is 1.27 bits per heavy atom. The minimum absolute atomic E-state index is 0.0163. The lowest BCUT2D eigenvalue weighted by atomic mass is 10.1. The molecule has 0 heterocycles. The average molecular weight is 205 g/mol. The van der Waals surface area contributed by atoms with Crippen LogP contribution in [0.2, 0.25) is 0 Å². The molecule has 0 aliphatic rings. The molecule has 78 valence electrons. The van der Waals surface area contributed by atoms with E-state index in [0.29, 0.717) is 5.56 Å². The highest BCUT2D eigenvalue weighted by atomic mass is 16.4. The molecule has 4 heteroatoms. The van der Waals surface area contributed by atoms with Crippen LogP contribution >= 0.6 is 0 Å². The number of nitrogens with two attached hydrogens (primary N) is 1. The van der Waals surface area contributed by atoms with E-state index >= 15 is 0 Å². The number of hydrogen-bond donors (Lipinski definition) is 2. The molecule has 0 unspecified atom stereocenters. The standard InChI is InChI=1S/C11H11NO3/c12-11(15)9-6-4-8(5-7-9)2-1-3-10(13)14/h1-2,4-7H,3H2,(H2,12,15)(H,13,14)/b2-1+. The Bertz CT molecular complexity index is 393. The normalized spacial score (nSPS) is 10.4. The average Bonchev–Trinajstić information content (AvgIpc) is 2.18. The van der Waals surface area contributed by atoms with Gasteiger partial charge in [-0.25, -0.2) is 0 Å². The third-order valence-electron chi connectivity index (χ3n) is 1.80. The molecule has 0 aliphatic carbocycles. The zero-order valence-corrected chi connectivity index (χ0v) is 8.01. The minimum atomic E-state index is -0.875. The van der Waals surface area contributed by atoms with Crippen molar-refractivity contribution in [1.29, 1.82) is 0 Å². The highest BCUT2D eigenvalue weighted by Gasteiger charge is 1.97. The van der Waals surface area contributed by atoms with Crippen molar-refractivity contribution in [3.63, 3.8) is 0 Å². The van der Waals surface area contributed by atoms with Gasteiger partial charge in [0.25, 0.3) is 0 Å². The molecule has 0 saturated carbocycles. The van der Waals surface area contributed by atoms with Gasteiger partial charge in [0.05, 0.1) is 6.42 Å². The molecule has 0 aliphatic heterocycles. The van der Waals surface area contributed by atoms with Gasteiger partial charge in [0, 0.05) is 5.56 Å². The van der Waals surface area contributed by atoms with Gasteiger partial charge in [-0.15, -0.1) is 0 Å². The number of hydrogen-bond acceptors (Lipinski definition) is 2. The molecule has 0 aromatic heterocycles. The molecule has 0 saturated heterocycles. The molecule has 0 spiro atoms. The van der Waals surface area contributed by atoms with Crippen LogP contribution in [0.5, 0.6) is 0 Å². The van der Waals surface area contributed by atoms with Crippen molar-refractivity contribution < 1.29 is 14.7 Å². The molecule has 4 nitrogen and oxygen atoms in total. The first-order valence-electron chi connectivity index (χ1n) is 4.38. The molecule has 0 radical (unpaired) electrons. The second-order valence-corrected chi connectivity index (χ2v) is 2.99. The summed E-state index contributed by atoms with van der Waals surface area (Å²) in [6.07, 6.45) is 3.21. The van der Waals surface area contributed by atoms with E-state index in [1.165, 1.54) is 0 Å². The molecule has 1 amide bonds. The Labute approximate surface area is 87.0 Å². The topological polar surface area (TPSA) is 80.4 Å². The SMILES string of the molecule is NC(=O)c1ccc(/C=C/CC(=O)O)cc1. The maximum absolute atomic E-state index is 10.7. The van der Waals surface area contributed by atoms with Gasteiger partial charge in [0.2, 0.25) is 5.91 Å². The summed E-state index contributed by atoms with van der Waals surface area (Å²) in [6.45, 7) is 0. The summed E-state index contributed by atoms with van der Waals surface area (Å²) in [4.78, 5) is 21.0. The molecule has 1 rings (SSSR count). The number of rotatable bonds is 4. The quantitative estimate of drug-likeness (QED) is 0.776. The van der Waals surface area contributed by atoms with E-state index in [1.807, 2.05) is 0 Å². The van der Waals surface area contributed by atoms with Crippen LogP contribution in [0.3, 0.4) is 0 Å². The molecule has 3 N–H and O–H groups in total. The van der Waals surface area contributed by atoms with Crippen LogP contribution in [0, 0.1) is 0 Å². The highest BCUT2D eigenvalue weighted by Crippen LogP contribution is 2.06. The molecular formula is C11H11NO3. The summed E-state index contributed by atoms with van der Waals surface area (Å²) in [5, 5.41) is 8.40. The van der Waals surface area contributed by atoms with Gasteiger partial charge in [-0.05, 0) is 17.7 Å². The molecule has 0 fully saturated rings. The smallest absolute Gasteiger partial charge is 0.307 e. The van der Waals surface area contributed by atoms with Crippen molar-refractivity contribution in [2.75, 3.05) is 0 Å². The number of carboxylic acid groups (broad SMARTS) is 1. The Hall–Kier alpha value is -2.10. The van der Waals surface area contributed by atoms with Crippen molar-refractivity contribution in [3.05, 3.63) is 41.5 Å². The van der Waals surface area contributed by atoms with E-state index in [-0.39, 0.29) is 6.42 Å². The van der Waals surface area contributed by atoms with Gasteiger partial charge >= 0.3 is 5.97 Å². The van der Waals surface area contributed by atoms with Crippen molar-refractivity contribution >= 4 is 18.0 Å². The second kappa shape index (κ2) is 4.95. The van der Waals surface area contributed by atoms with E-state index < -0.39 is 11.9 Å². The molecular weight excluding hydrogens is 194 g/mol. The number of aliphatic carboxylic acids is 1. The fraction of sp³-hybridized carbons (Fsp3) is 0.0909. The van der Waals surface area contributed by atoms with Gasteiger partial charge in [0.15, 0.2) is 0 Å². The van der Waals surface area contributed by atoms with Crippen LogP contribution in [0.15, 0.2) is 30.3 Å². The van der Waals surface area contributed by atoms with Crippen molar-refractivity contribution in [2.45, 2.75) is 6.42 Å². The van der Waals surface area contributed by atoms with Crippen molar-refractivity contribution in [2.24, 2.45) is 5.73 Å². The zero-order valence-electron chi connectivity index (χ0n) is 8.01. The maximum atomic E-state index is 10.7. The van der Waals surface area contributed by atoms with E-state index in [4.69, 9.17) is 10.8 Å². The van der Waals surface area contributed by atoms with Crippen LogP contribution < -0.4 is 5.73 Å². The molecule has 1 aromatic rings. The molecule has 0 atom stereocenters. The Morgan fingerprint density at radius 3 is 2.33 bits per heavy atom. The third-order valence-corrected chi connectivity index (χ3v) is 1.80. The van der Waals surface area contributed by atoms with E-state index in [0.717, 1.165) is 5.56 Å². The van der Waals surface area contributed by atoms with Crippen LogP contribution in [0.1, 0.15) is 22.3 Å². The first-order chi connectivity index (χ1) is 7.09. The zero-order chi connectivity index (χ0) is 11.3. The number of carbonyl (C=O) groups excluding carboxylic acids is 1. The van der Waals surface area contributed by atoms with E-state index in [2.05, 4.69) is 0 Å². The van der Waals surface area contributed by atoms with Gasteiger partial charge in [0.1, 0.15) is 0 Å². The number of benzene rings is 1. The number of primary amides is 1. The number of carbonyl (C=O) groups is 2. The van der Waals surface area contributed by atoms with Gasteiger partial charge < -0.3 is 10.8 Å². The van der Waals surface area contributed by atoms with Crippen LogP contribution in [-0.4, -0.2) is 17.0 Å². The summed E-state index contributed by atoms with van der Waals surface area (Å²) in [7, 11) is 0. The number of amides is 1. The molecule has 0 bridgehead atoms. The Morgan fingerprint density at radius 2 is 1.87 bits per heavy atom. The summed E-state index contributed by atoms with van der Waals surface area (Å²) in [5.74, 6) is -1.35. The lowest BCUT2D eigenvalue weighted by Crippen LogP contribution is -2.10. The third kappa shape index (κ3) is 3.64. The van der Waals surface area contributed by atoms with Gasteiger partial charge in [-0.1, -0.05) is 24.3 Å². The number of carboxylic acids is 1. The summed E-state index contributed by atoms with van der Waals surface area (Å²) in [6, 6.07) is 6.61. The second-order valence-electron chi connectivity index (χ2n) is 2.99. The first kappa shape index (κ1) is 11.0. The predicted molar refractivity (Wildman–Crippen MR) is 56.2 cm³/mol. The van der Waals surface area contributed by atoms with E-state index in [1.54, 1.807) is 36.4 Å². The van der Waals surface area contributed by atoms with E-state index in [9.17, 15) is 9.59 Å². The molecule has 1 aromatic carbocycles. The summed E-state index contributed by atoms with van der Waals surface area (Å²) < 4.78 is 0. The van der Waals surface area contributed by atoms with Crippen molar-refractivity contribution in [1.82, 2.24) is 0 Å². The molecule has 15 heavy (non-hydrogen) atoms. The summed E-state index contributed by atoms with van der Waals surface area (Å²) in [5.41, 5.74) is 6.34. The lowest BCUT2D eigenvalue weighted by Gasteiger charge is -1.96. The largest absolute Gasteiger partial charge is 0.481 e. The predicted octanol–water partition coefficient (Wildman–Crippen LogP) is 1.27. The van der Waals surface area contributed by atoms with Gasteiger partial charge in [-0.3, -0.25) is 9.59 Å². The summed E-state index contributed by atoms with van der Waals surface area (Å²) >= 11 is 0. The van der Waals surface area contributed by atoms with Gasteiger partial charge in [-0.2, -0.15) is 0 Å². The fourth-order valence-corrected chi connectivity index (χ4v) is 1.05. The Balaban J connectivity index is 2.68. The monoisotopic (exact) mass is 205 g/mol. The maximum Gasteiger partial charge on any atom is 0.307 e. The van der Waals surface area contributed by atoms with Crippen molar-refractivity contribution in [3.8, 4) is 0 Å². The highest BCUT2D eigenvalue weighted by molar-refractivity contribution is 5.92. The minimum Gasteiger partial charge on any atom is -0.481 e. The fourth-order valence-electron chi connectivity index (χ4n) is 1.05. The lowest BCUT2D eigenvalue weighted by molar-refractivity contribution is -0.135.